The van der Waals surface area contributed by atoms with E-state index in [2.05, 4.69) is 10.3 Å². The number of halogens is 1. The zero-order chi connectivity index (χ0) is 20.0. The molecule has 0 saturated heterocycles. The van der Waals surface area contributed by atoms with Gasteiger partial charge in [-0.15, -0.1) is 0 Å². The summed E-state index contributed by atoms with van der Waals surface area (Å²) in [4.78, 5) is 26.2. The molecule has 0 saturated carbocycles. The molecule has 0 fully saturated rings. The summed E-state index contributed by atoms with van der Waals surface area (Å²) < 4.78 is 13.4. The highest BCUT2D eigenvalue weighted by Crippen LogP contribution is 2.34. The Balaban J connectivity index is 0.000000791. The number of rotatable bonds is 2. The number of amides is 1. The highest BCUT2D eigenvalue weighted by atomic mass is 19.1. The molecule has 6 heteroatoms. The fraction of sp³-hybridized carbons (Fsp3) is 0.300. The molecule has 3 N–H and O–H groups in total. The molecule has 1 aliphatic rings. The van der Waals surface area contributed by atoms with Gasteiger partial charge < -0.3 is 15.4 Å². The van der Waals surface area contributed by atoms with E-state index in [1.165, 1.54) is 18.2 Å². The molecular weight excluding hydrogens is 335 g/mol. The monoisotopic (exact) mass is 360 g/mol. The number of H-pyrrole nitrogens is 1. The van der Waals surface area contributed by atoms with Crippen LogP contribution in [0.1, 0.15) is 60.6 Å². The van der Waals surface area contributed by atoms with Gasteiger partial charge in [-0.25, -0.2) is 9.18 Å². The van der Waals surface area contributed by atoms with Crippen molar-refractivity contribution in [3.63, 3.8) is 0 Å². The molecule has 0 aliphatic carbocycles. The van der Waals surface area contributed by atoms with E-state index in [-0.39, 0.29) is 11.5 Å². The van der Waals surface area contributed by atoms with Gasteiger partial charge in [-0.1, -0.05) is 27.7 Å². The van der Waals surface area contributed by atoms with Crippen molar-refractivity contribution in [1.29, 1.82) is 0 Å². The highest BCUT2D eigenvalue weighted by molar-refractivity contribution is 6.34. The van der Waals surface area contributed by atoms with Gasteiger partial charge in [0.25, 0.3) is 5.91 Å². The van der Waals surface area contributed by atoms with Crippen LogP contribution in [0, 0.1) is 19.7 Å². The molecule has 2 aromatic rings. The lowest BCUT2D eigenvalue weighted by molar-refractivity contribution is -0.110. The van der Waals surface area contributed by atoms with E-state index in [0.717, 1.165) is 0 Å². The molecule has 0 radical (unpaired) electrons. The first-order valence-electron chi connectivity index (χ1n) is 8.64. The van der Waals surface area contributed by atoms with Crippen LogP contribution in [-0.4, -0.2) is 22.0 Å². The van der Waals surface area contributed by atoms with Crippen molar-refractivity contribution in [3.8, 4) is 0 Å². The third kappa shape index (κ3) is 4.02. The first kappa shape index (κ1) is 21.2. The van der Waals surface area contributed by atoms with Gasteiger partial charge in [-0.2, -0.15) is 0 Å². The maximum atomic E-state index is 13.4. The largest absolute Gasteiger partial charge is 0.478 e. The Morgan fingerprint density at radius 2 is 1.77 bits per heavy atom. The number of carbonyl (C=O) groups is 2. The van der Waals surface area contributed by atoms with E-state index in [4.69, 9.17) is 0 Å². The molecule has 140 valence electrons. The van der Waals surface area contributed by atoms with E-state index in [1.807, 2.05) is 27.7 Å². The Morgan fingerprint density at radius 3 is 2.31 bits per heavy atom. The third-order valence-corrected chi connectivity index (χ3v) is 3.74. The standard InChI is InChI=1S/C16H13FN2O3.2C2H6/c1-7-13(18-8(2)14(7)16(21)22)6-11-10-5-9(17)3-4-12(10)19-15(11)20;2*1-2/h3-6,18H,1-2H3,(H,19,20)(H,21,22);2*1-2H3/b11-6-;;. The van der Waals surface area contributed by atoms with Crippen molar-refractivity contribution in [2.45, 2.75) is 41.5 Å². The number of fused-ring (bicyclic) bond motifs is 1. The van der Waals surface area contributed by atoms with Crippen LogP contribution in [0.15, 0.2) is 18.2 Å². The van der Waals surface area contributed by atoms with Gasteiger partial charge in [0, 0.05) is 22.6 Å². The van der Waals surface area contributed by atoms with Crippen molar-refractivity contribution in [1.82, 2.24) is 4.98 Å². The lowest BCUT2D eigenvalue weighted by atomic mass is 10.0. The van der Waals surface area contributed by atoms with Crippen LogP contribution in [0.4, 0.5) is 10.1 Å². The molecular formula is C20H25FN2O3. The Kier molecular flexibility index (Phi) is 7.31. The number of aryl methyl sites for hydroxylation is 1. The smallest absolute Gasteiger partial charge is 0.337 e. The van der Waals surface area contributed by atoms with Crippen LogP contribution < -0.4 is 5.32 Å². The summed E-state index contributed by atoms with van der Waals surface area (Å²) >= 11 is 0. The molecule has 5 nitrogen and oxygen atoms in total. The summed E-state index contributed by atoms with van der Waals surface area (Å²) in [5.41, 5.74) is 3.06. The van der Waals surface area contributed by atoms with Crippen molar-refractivity contribution >= 4 is 29.2 Å². The van der Waals surface area contributed by atoms with E-state index in [9.17, 15) is 19.1 Å². The molecule has 1 aliphatic heterocycles. The van der Waals surface area contributed by atoms with Crippen LogP contribution in [-0.2, 0) is 4.79 Å². The van der Waals surface area contributed by atoms with Crippen molar-refractivity contribution in [3.05, 3.63) is 52.1 Å². The van der Waals surface area contributed by atoms with Crippen molar-refractivity contribution < 1.29 is 19.1 Å². The Morgan fingerprint density at radius 1 is 1.15 bits per heavy atom. The fourth-order valence-electron chi connectivity index (χ4n) is 2.69. The third-order valence-electron chi connectivity index (χ3n) is 3.74. The number of carboxylic acids is 1. The zero-order valence-corrected chi connectivity index (χ0v) is 16.0. The highest BCUT2D eigenvalue weighted by Gasteiger charge is 2.25. The minimum absolute atomic E-state index is 0.185. The molecule has 26 heavy (non-hydrogen) atoms. The Hall–Kier alpha value is -2.89. The normalized spacial score (nSPS) is 13.2. The second-order valence-electron chi connectivity index (χ2n) is 5.17. The lowest BCUT2D eigenvalue weighted by Gasteiger charge is -1.99. The molecule has 0 atom stereocenters. The van der Waals surface area contributed by atoms with Gasteiger partial charge in [-0.3, -0.25) is 4.79 Å². The van der Waals surface area contributed by atoms with Gasteiger partial charge in [0.1, 0.15) is 5.82 Å². The predicted octanol–water partition coefficient (Wildman–Crippen LogP) is 5.01. The average Bonchev–Trinajstić information content (AvgIpc) is 3.08. The SMILES string of the molecule is CC.CC.Cc1[nH]c(/C=C2\C(=O)Nc3ccc(F)cc32)c(C)c1C(=O)O. The van der Waals surface area contributed by atoms with Crippen molar-refractivity contribution in [2.75, 3.05) is 5.32 Å². The average molecular weight is 360 g/mol. The minimum atomic E-state index is -1.03. The van der Waals surface area contributed by atoms with Gasteiger partial charge in [0.2, 0.25) is 0 Å². The van der Waals surface area contributed by atoms with Crippen LogP contribution >= 0.6 is 0 Å². The Bertz CT molecular complexity index is 851. The number of carboxylic acid groups (broad SMARTS) is 1. The van der Waals surface area contributed by atoms with E-state index in [0.29, 0.717) is 33.8 Å². The molecule has 0 spiro atoms. The molecule has 3 rings (SSSR count). The second-order valence-corrected chi connectivity index (χ2v) is 5.17. The summed E-state index contributed by atoms with van der Waals surface area (Å²) in [7, 11) is 0. The van der Waals surface area contributed by atoms with Crippen LogP contribution in [0.2, 0.25) is 0 Å². The summed E-state index contributed by atoms with van der Waals surface area (Å²) in [6.07, 6.45) is 1.55. The number of hydrogen-bond acceptors (Lipinski definition) is 2. The second kappa shape index (κ2) is 8.99. The number of aromatic amines is 1. The quantitative estimate of drug-likeness (QED) is 0.658. The van der Waals surface area contributed by atoms with Gasteiger partial charge >= 0.3 is 5.97 Å². The number of aromatic carboxylic acids is 1. The maximum absolute atomic E-state index is 13.4. The molecule has 2 heterocycles. The van der Waals surface area contributed by atoms with Crippen LogP contribution in [0.25, 0.3) is 11.6 Å². The van der Waals surface area contributed by atoms with Gasteiger partial charge in [0.05, 0.1) is 11.1 Å². The van der Waals surface area contributed by atoms with Crippen LogP contribution in [0.5, 0.6) is 0 Å². The first-order valence-corrected chi connectivity index (χ1v) is 8.64. The van der Waals surface area contributed by atoms with E-state index >= 15 is 0 Å². The van der Waals surface area contributed by atoms with Gasteiger partial charge in [-0.05, 0) is 43.7 Å². The number of anilines is 1. The summed E-state index contributed by atoms with van der Waals surface area (Å²) in [6, 6.07) is 4.05. The number of hydrogen-bond donors (Lipinski definition) is 3. The fourth-order valence-corrected chi connectivity index (χ4v) is 2.69. The number of nitrogens with one attached hydrogen (secondary N) is 2. The topological polar surface area (TPSA) is 82.2 Å². The summed E-state index contributed by atoms with van der Waals surface area (Å²) in [5, 5.41) is 11.9. The molecule has 1 aromatic heterocycles. The molecule has 0 bridgehead atoms. The summed E-state index contributed by atoms with van der Waals surface area (Å²) in [6.45, 7) is 11.3. The van der Waals surface area contributed by atoms with Crippen LogP contribution in [0.3, 0.4) is 0 Å². The minimum Gasteiger partial charge on any atom is -0.478 e. The van der Waals surface area contributed by atoms with Crippen molar-refractivity contribution in [2.24, 2.45) is 0 Å². The zero-order valence-electron chi connectivity index (χ0n) is 16.0. The number of benzene rings is 1. The number of carbonyl (C=O) groups excluding carboxylic acids is 1. The first-order chi connectivity index (χ1) is 12.4. The van der Waals surface area contributed by atoms with Gasteiger partial charge in [0.15, 0.2) is 0 Å². The molecule has 1 amide bonds. The van der Waals surface area contributed by atoms with E-state index < -0.39 is 11.8 Å². The molecule has 1 aromatic carbocycles. The molecule has 0 unspecified atom stereocenters. The predicted molar refractivity (Wildman–Crippen MR) is 103 cm³/mol. The Labute approximate surface area is 152 Å². The lowest BCUT2D eigenvalue weighted by Crippen LogP contribution is -2.03. The number of aromatic nitrogens is 1. The summed E-state index contributed by atoms with van der Waals surface area (Å²) in [5.74, 6) is -1.81. The maximum Gasteiger partial charge on any atom is 0.337 e. The van der Waals surface area contributed by atoms with E-state index in [1.54, 1.807) is 19.9 Å².